The SMILES string of the molecule is CC(C)(C)OC(=O)N1CCc2[nH]c(-c3ccc(C(F)(F)F)cc3)c(Nc3ccccc3)c2C1=O. The highest BCUT2D eigenvalue weighted by Gasteiger charge is 2.37. The van der Waals surface area contributed by atoms with Crippen LogP contribution in [-0.2, 0) is 17.3 Å². The number of fused-ring (bicyclic) bond motifs is 1. The number of amides is 2. The molecular formula is C25H24F3N3O3. The first-order valence-corrected chi connectivity index (χ1v) is 10.7. The smallest absolute Gasteiger partial charge is 0.417 e. The van der Waals surface area contributed by atoms with E-state index in [-0.39, 0.29) is 12.1 Å². The molecule has 2 amide bonds. The number of aromatic nitrogens is 1. The van der Waals surface area contributed by atoms with Crippen molar-refractivity contribution in [3.8, 4) is 11.3 Å². The lowest BCUT2D eigenvalue weighted by Gasteiger charge is -2.29. The minimum absolute atomic E-state index is 0.124. The summed E-state index contributed by atoms with van der Waals surface area (Å²) in [6.45, 7) is 5.27. The van der Waals surface area contributed by atoms with Gasteiger partial charge < -0.3 is 15.0 Å². The number of carbonyl (C=O) groups excluding carboxylic acids is 2. The summed E-state index contributed by atoms with van der Waals surface area (Å²) >= 11 is 0. The van der Waals surface area contributed by atoms with Crippen LogP contribution in [0.15, 0.2) is 54.6 Å². The second-order valence-electron chi connectivity index (χ2n) is 8.98. The Bertz CT molecular complexity index is 1210. The zero-order valence-corrected chi connectivity index (χ0v) is 18.9. The molecule has 0 saturated heterocycles. The molecule has 4 rings (SSSR count). The van der Waals surface area contributed by atoms with Crippen molar-refractivity contribution in [2.45, 2.75) is 39.0 Å². The van der Waals surface area contributed by atoms with Crippen LogP contribution < -0.4 is 5.32 Å². The minimum atomic E-state index is -4.46. The molecule has 0 unspecified atom stereocenters. The third kappa shape index (κ3) is 4.78. The van der Waals surface area contributed by atoms with E-state index in [9.17, 15) is 22.8 Å². The largest absolute Gasteiger partial charge is 0.443 e. The minimum Gasteiger partial charge on any atom is -0.443 e. The van der Waals surface area contributed by atoms with Gasteiger partial charge >= 0.3 is 12.3 Å². The van der Waals surface area contributed by atoms with Crippen LogP contribution >= 0.6 is 0 Å². The van der Waals surface area contributed by atoms with E-state index in [1.54, 1.807) is 32.9 Å². The molecule has 2 N–H and O–H groups in total. The number of nitrogens with zero attached hydrogens (tertiary/aromatic N) is 1. The highest BCUT2D eigenvalue weighted by molar-refractivity contribution is 6.11. The van der Waals surface area contributed by atoms with Gasteiger partial charge in [-0.2, -0.15) is 13.2 Å². The average molecular weight is 471 g/mol. The lowest BCUT2D eigenvalue weighted by molar-refractivity contribution is -0.137. The summed E-state index contributed by atoms with van der Waals surface area (Å²) in [7, 11) is 0. The Morgan fingerprint density at radius 3 is 2.26 bits per heavy atom. The summed E-state index contributed by atoms with van der Waals surface area (Å²) in [4.78, 5) is 30.3. The van der Waals surface area contributed by atoms with Gasteiger partial charge in [0.2, 0.25) is 0 Å². The summed E-state index contributed by atoms with van der Waals surface area (Å²) in [6, 6.07) is 13.8. The normalized spacial score (nSPS) is 14.1. The molecule has 0 aliphatic carbocycles. The molecule has 3 aromatic rings. The van der Waals surface area contributed by atoms with Crippen LogP contribution in [-0.4, -0.2) is 34.0 Å². The second-order valence-corrected chi connectivity index (χ2v) is 8.98. The summed E-state index contributed by atoms with van der Waals surface area (Å²) in [5.41, 5.74) is 1.32. The molecule has 0 bridgehead atoms. The molecule has 2 aromatic carbocycles. The van der Waals surface area contributed by atoms with E-state index in [1.165, 1.54) is 12.1 Å². The van der Waals surface area contributed by atoms with Crippen molar-refractivity contribution in [2.75, 3.05) is 11.9 Å². The van der Waals surface area contributed by atoms with E-state index < -0.39 is 29.3 Å². The zero-order valence-electron chi connectivity index (χ0n) is 18.9. The molecule has 0 radical (unpaired) electrons. The second kappa shape index (κ2) is 8.55. The average Bonchev–Trinajstić information content (AvgIpc) is 3.12. The Hall–Kier alpha value is -3.75. The summed E-state index contributed by atoms with van der Waals surface area (Å²) in [5.74, 6) is -0.539. The number of benzene rings is 2. The number of rotatable bonds is 3. The first-order chi connectivity index (χ1) is 15.9. The highest BCUT2D eigenvalue weighted by atomic mass is 19.4. The van der Waals surface area contributed by atoms with Gasteiger partial charge in [0, 0.05) is 29.9 Å². The van der Waals surface area contributed by atoms with Crippen molar-refractivity contribution in [3.05, 3.63) is 71.4 Å². The molecule has 1 aromatic heterocycles. The number of carbonyl (C=O) groups is 2. The quantitative estimate of drug-likeness (QED) is 0.465. The number of halogens is 3. The molecule has 1 aliphatic rings. The lowest BCUT2D eigenvalue weighted by atomic mass is 10.0. The summed E-state index contributed by atoms with van der Waals surface area (Å²) in [6.07, 6.45) is -4.85. The fourth-order valence-electron chi connectivity index (χ4n) is 3.76. The van der Waals surface area contributed by atoms with Gasteiger partial charge in [-0.25, -0.2) is 9.69 Å². The molecule has 0 saturated carbocycles. The Kier molecular flexibility index (Phi) is 5.89. The van der Waals surface area contributed by atoms with Crippen LogP contribution in [0, 0.1) is 0 Å². The predicted octanol–water partition coefficient (Wildman–Crippen LogP) is 6.38. The maximum atomic E-state index is 13.4. The van der Waals surface area contributed by atoms with Crippen LogP contribution in [0.3, 0.4) is 0 Å². The Morgan fingerprint density at radius 2 is 1.68 bits per heavy atom. The van der Waals surface area contributed by atoms with E-state index in [0.29, 0.717) is 34.7 Å². The molecular weight excluding hydrogens is 447 g/mol. The highest BCUT2D eigenvalue weighted by Crippen LogP contribution is 2.39. The van der Waals surface area contributed by atoms with E-state index in [0.717, 1.165) is 17.0 Å². The molecule has 1 aliphatic heterocycles. The maximum absolute atomic E-state index is 13.4. The van der Waals surface area contributed by atoms with Crippen molar-refractivity contribution in [1.29, 1.82) is 0 Å². The van der Waals surface area contributed by atoms with Gasteiger partial charge in [-0.05, 0) is 45.0 Å². The van der Waals surface area contributed by atoms with Gasteiger partial charge in [0.25, 0.3) is 5.91 Å². The molecule has 0 atom stereocenters. The number of H-pyrrole nitrogens is 1. The molecule has 9 heteroatoms. The van der Waals surface area contributed by atoms with E-state index >= 15 is 0 Å². The summed E-state index contributed by atoms with van der Waals surface area (Å²) < 4.78 is 44.5. The molecule has 2 heterocycles. The maximum Gasteiger partial charge on any atom is 0.417 e. The number of hydrogen-bond donors (Lipinski definition) is 2. The monoisotopic (exact) mass is 471 g/mol. The van der Waals surface area contributed by atoms with Crippen LogP contribution in [0.2, 0.25) is 0 Å². The number of alkyl halides is 3. The van der Waals surface area contributed by atoms with Gasteiger partial charge in [0.15, 0.2) is 0 Å². The number of aromatic amines is 1. The van der Waals surface area contributed by atoms with Crippen molar-refractivity contribution in [2.24, 2.45) is 0 Å². The lowest BCUT2D eigenvalue weighted by Crippen LogP contribution is -2.44. The number of para-hydroxylation sites is 1. The molecule has 0 fully saturated rings. The van der Waals surface area contributed by atoms with Gasteiger partial charge in [0.05, 0.1) is 22.5 Å². The third-order valence-corrected chi connectivity index (χ3v) is 5.28. The number of anilines is 2. The Balaban J connectivity index is 1.78. The van der Waals surface area contributed by atoms with Gasteiger partial charge in [-0.3, -0.25) is 4.79 Å². The fraction of sp³-hybridized carbons (Fsp3) is 0.280. The van der Waals surface area contributed by atoms with E-state index in [1.807, 2.05) is 18.2 Å². The Labute approximate surface area is 194 Å². The standard InChI is InChI=1S/C25H24F3N3O3/c1-24(2,3)34-23(33)31-14-13-18-19(22(31)32)21(29-17-7-5-4-6-8-17)20(30-18)15-9-11-16(12-10-15)25(26,27)28/h4-12,29-30H,13-14H2,1-3H3. The predicted molar refractivity (Wildman–Crippen MR) is 122 cm³/mol. The molecule has 178 valence electrons. The molecule has 0 spiro atoms. The van der Waals surface area contributed by atoms with Crippen molar-refractivity contribution >= 4 is 23.4 Å². The van der Waals surface area contributed by atoms with E-state index in [2.05, 4.69) is 10.3 Å². The number of imide groups is 1. The molecule has 6 nitrogen and oxygen atoms in total. The van der Waals surface area contributed by atoms with Crippen molar-refractivity contribution < 1.29 is 27.5 Å². The number of ether oxygens (including phenoxy) is 1. The summed E-state index contributed by atoms with van der Waals surface area (Å²) in [5, 5.41) is 3.21. The third-order valence-electron chi connectivity index (χ3n) is 5.28. The van der Waals surface area contributed by atoms with Crippen LogP contribution in [0.1, 0.15) is 42.4 Å². The Morgan fingerprint density at radius 1 is 1.03 bits per heavy atom. The van der Waals surface area contributed by atoms with Crippen LogP contribution in [0.5, 0.6) is 0 Å². The zero-order chi connectivity index (χ0) is 24.7. The van der Waals surface area contributed by atoms with Crippen molar-refractivity contribution in [1.82, 2.24) is 9.88 Å². The molecule has 34 heavy (non-hydrogen) atoms. The topological polar surface area (TPSA) is 74.4 Å². The first-order valence-electron chi connectivity index (χ1n) is 10.7. The van der Waals surface area contributed by atoms with Crippen LogP contribution in [0.4, 0.5) is 29.3 Å². The van der Waals surface area contributed by atoms with Gasteiger partial charge in [0.1, 0.15) is 5.60 Å². The van der Waals surface area contributed by atoms with Crippen molar-refractivity contribution in [3.63, 3.8) is 0 Å². The number of nitrogens with one attached hydrogen (secondary N) is 2. The van der Waals surface area contributed by atoms with Crippen LogP contribution in [0.25, 0.3) is 11.3 Å². The fourth-order valence-corrected chi connectivity index (χ4v) is 3.76. The van der Waals surface area contributed by atoms with E-state index in [4.69, 9.17) is 4.74 Å². The van der Waals surface area contributed by atoms with Gasteiger partial charge in [-0.15, -0.1) is 0 Å². The van der Waals surface area contributed by atoms with Gasteiger partial charge in [-0.1, -0.05) is 30.3 Å². The first kappa shape index (κ1) is 23.4. The number of hydrogen-bond acceptors (Lipinski definition) is 4.